The predicted octanol–water partition coefficient (Wildman–Crippen LogP) is 3.04. The van der Waals surface area contributed by atoms with Gasteiger partial charge < -0.3 is 5.32 Å². The van der Waals surface area contributed by atoms with E-state index >= 15 is 0 Å². The molecule has 1 atom stereocenters. The van der Waals surface area contributed by atoms with Crippen molar-refractivity contribution < 1.29 is 0 Å². The Morgan fingerprint density at radius 1 is 1.56 bits per heavy atom. The number of nitrogens with one attached hydrogen (secondary N) is 1. The fourth-order valence-electron chi connectivity index (χ4n) is 1.82. The lowest BCUT2D eigenvalue weighted by atomic mass is 10.1. The molecule has 2 aromatic rings. The van der Waals surface area contributed by atoms with Gasteiger partial charge in [-0.05, 0) is 47.4 Å². The molecule has 2 aromatic heterocycles. The van der Waals surface area contributed by atoms with E-state index in [4.69, 9.17) is 0 Å². The van der Waals surface area contributed by atoms with Crippen LogP contribution >= 0.6 is 27.3 Å². The van der Waals surface area contributed by atoms with Crippen LogP contribution in [0.15, 0.2) is 16.0 Å². The SMILES string of the molecule is CCCNC(c1cc(C)c(Br)s1)c1cnnn1C. The maximum Gasteiger partial charge on any atom is 0.0858 e. The highest BCUT2D eigenvalue weighted by molar-refractivity contribution is 9.11. The molecule has 0 amide bonds. The summed E-state index contributed by atoms with van der Waals surface area (Å²) in [5.74, 6) is 0. The first kappa shape index (κ1) is 13.7. The second-order valence-corrected chi connectivity index (χ2v) is 6.68. The van der Waals surface area contributed by atoms with Crippen LogP contribution in [0.1, 0.15) is 35.5 Å². The van der Waals surface area contributed by atoms with Gasteiger partial charge in [0.05, 0.1) is 21.7 Å². The van der Waals surface area contributed by atoms with Crippen molar-refractivity contribution in [2.45, 2.75) is 26.3 Å². The average Bonchev–Trinajstić information content (AvgIpc) is 2.88. The minimum Gasteiger partial charge on any atom is -0.304 e. The van der Waals surface area contributed by atoms with Gasteiger partial charge in [0.25, 0.3) is 0 Å². The zero-order valence-electron chi connectivity index (χ0n) is 10.8. The van der Waals surface area contributed by atoms with Crippen LogP contribution in [0.5, 0.6) is 0 Å². The monoisotopic (exact) mass is 328 g/mol. The van der Waals surface area contributed by atoms with Crippen molar-refractivity contribution in [3.63, 3.8) is 0 Å². The Morgan fingerprint density at radius 2 is 2.33 bits per heavy atom. The zero-order valence-corrected chi connectivity index (χ0v) is 13.2. The molecular weight excluding hydrogens is 312 g/mol. The fraction of sp³-hybridized carbons (Fsp3) is 0.500. The van der Waals surface area contributed by atoms with Crippen molar-refractivity contribution >= 4 is 27.3 Å². The lowest BCUT2D eigenvalue weighted by Gasteiger charge is -2.16. The van der Waals surface area contributed by atoms with Crippen LogP contribution in [0.25, 0.3) is 0 Å². The minimum absolute atomic E-state index is 0.167. The molecule has 0 aliphatic carbocycles. The molecule has 1 N–H and O–H groups in total. The third-order valence-electron chi connectivity index (χ3n) is 2.80. The van der Waals surface area contributed by atoms with E-state index in [9.17, 15) is 0 Å². The number of nitrogens with zero attached hydrogens (tertiary/aromatic N) is 3. The van der Waals surface area contributed by atoms with Gasteiger partial charge in [0.1, 0.15) is 0 Å². The Morgan fingerprint density at radius 3 is 2.83 bits per heavy atom. The highest BCUT2D eigenvalue weighted by Gasteiger charge is 2.20. The topological polar surface area (TPSA) is 42.7 Å². The van der Waals surface area contributed by atoms with Crippen molar-refractivity contribution in [1.82, 2.24) is 20.3 Å². The highest BCUT2D eigenvalue weighted by atomic mass is 79.9. The summed E-state index contributed by atoms with van der Waals surface area (Å²) in [4.78, 5) is 1.29. The van der Waals surface area contributed by atoms with E-state index in [1.54, 1.807) is 11.3 Å². The van der Waals surface area contributed by atoms with E-state index in [2.05, 4.69) is 51.5 Å². The summed E-state index contributed by atoms with van der Waals surface area (Å²) in [5.41, 5.74) is 2.37. The van der Waals surface area contributed by atoms with Gasteiger partial charge in [0.2, 0.25) is 0 Å². The van der Waals surface area contributed by atoms with Gasteiger partial charge in [0, 0.05) is 11.9 Å². The quantitative estimate of drug-likeness (QED) is 0.917. The molecule has 0 radical (unpaired) electrons. The third-order valence-corrected chi connectivity index (χ3v) is 5.01. The molecule has 1 unspecified atom stereocenters. The van der Waals surface area contributed by atoms with E-state index in [-0.39, 0.29) is 6.04 Å². The molecule has 0 aromatic carbocycles. The Hall–Kier alpha value is -0.720. The molecule has 6 heteroatoms. The smallest absolute Gasteiger partial charge is 0.0858 e. The predicted molar refractivity (Wildman–Crippen MR) is 77.9 cm³/mol. The Balaban J connectivity index is 2.33. The number of hydrogen-bond donors (Lipinski definition) is 1. The van der Waals surface area contributed by atoms with E-state index in [1.165, 1.54) is 14.2 Å². The van der Waals surface area contributed by atoms with Crippen LogP contribution in [0.3, 0.4) is 0 Å². The third kappa shape index (κ3) is 2.81. The van der Waals surface area contributed by atoms with Crippen molar-refractivity contribution in [1.29, 1.82) is 0 Å². The van der Waals surface area contributed by atoms with Gasteiger partial charge in [-0.2, -0.15) is 0 Å². The van der Waals surface area contributed by atoms with Gasteiger partial charge in [-0.15, -0.1) is 16.4 Å². The lowest BCUT2D eigenvalue weighted by Crippen LogP contribution is -2.24. The molecule has 0 aliphatic rings. The number of thiophene rings is 1. The van der Waals surface area contributed by atoms with Crippen LogP contribution in [-0.2, 0) is 7.05 Å². The van der Waals surface area contributed by atoms with Crippen LogP contribution in [-0.4, -0.2) is 21.5 Å². The first-order chi connectivity index (χ1) is 8.63. The number of hydrogen-bond acceptors (Lipinski definition) is 4. The van der Waals surface area contributed by atoms with Crippen molar-refractivity contribution in [2.75, 3.05) is 6.54 Å². The molecule has 0 spiro atoms. The van der Waals surface area contributed by atoms with Gasteiger partial charge >= 0.3 is 0 Å². The molecule has 98 valence electrons. The van der Waals surface area contributed by atoms with Gasteiger partial charge in [-0.1, -0.05) is 12.1 Å². The minimum atomic E-state index is 0.167. The maximum absolute atomic E-state index is 4.02. The molecule has 0 fully saturated rings. The fourth-order valence-corrected chi connectivity index (χ4v) is 3.48. The van der Waals surface area contributed by atoms with Crippen molar-refractivity contribution in [2.24, 2.45) is 7.05 Å². The summed E-state index contributed by atoms with van der Waals surface area (Å²) >= 11 is 5.35. The second-order valence-electron chi connectivity index (χ2n) is 4.28. The number of aromatic nitrogens is 3. The van der Waals surface area contributed by atoms with E-state index in [1.807, 2.05) is 17.9 Å². The largest absolute Gasteiger partial charge is 0.304 e. The maximum atomic E-state index is 4.02. The molecule has 0 aliphatic heterocycles. The van der Waals surface area contributed by atoms with E-state index in [0.29, 0.717) is 0 Å². The van der Waals surface area contributed by atoms with Crippen LogP contribution in [0, 0.1) is 6.92 Å². The summed E-state index contributed by atoms with van der Waals surface area (Å²) in [7, 11) is 1.93. The molecule has 18 heavy (non-hydrogen) atoms. The molecule has 0 saturated heterocycles. The Bertz CT molecular complexity index is 500. The molecule has 0 bridgehead atoms. The number of aryl methyl sites for hydroxylation is 2. The molecule has 2 heterocycles. The summed E-state index contributed by atoms with van der Waals surface area (Å²) in [5, 5.41) is 11.5. The average molecular weight is 329 g/mol. The molecule has 4 nitrogen and oxygen atoms in total. The summed E-state index contributed by atoms with van der Waals surface area (Å²) in [6.07, 6.45) is 2.93. The van der Waals surface area contributed by atoms with E-state index < -0.39 is 0 Å². The van der Waals surface area contributed by atoms with Crippen molar-refractivity contribution in [3.05, 3.63) is 32.2 Å². The lowest BCUT2D eigenvalue weighted by molar-refractivity contribution is 0.556. The Kier molecular flexibility index (Phi) is 4.53. The van der Waals surface area contributed by atoms with Gasteiger partial charge in [0.15, 0.2) is 0 Å². The molecular formula is C12H17BrN4S. The van der Waals surface area contributed by atoms with E-state index in [0.717, 1.165) is 18.7 Å². The number of rotatable bonds is 5. The molecule has 0 saturated carbocycles. The van der Waals surface area contributed by atoms with Crippen molar-refractivity contribution in [3.8, 4) is 0 Å². The first-order valence-electron chi connectivity index (χ1n) is 5.97. The standard InChI is InChI=1S/C12H17BrN4S/c1-4-5-14-11(9-7-15-16-17(9)3)10-6-8(2)12(13)18-10/h6-7,11,14H,4-5H2,1-3H3. The van der Waals surface area contributed by atoms with Crippen LogP contribution in [0.4, 0.5) is 0 Å². The Labute approximate surface area is 120 Å². The zero-order chi connectivity index (χ0) is 13.1. The number of halogens is 1. The molecule has 2 rings (SSSR count). The summed E-state index contributed by atoms with van der Waals surface area (Å²) < 4.78 is 3.02. The second kappa shape index (κ2) is 5.95. The van der Waals surface area contributed by atoms with Crippen LogP contribution < -0.4 is 5.32 Å². The summed E-state index contributed by atoms with van der Waals surface area (Å²) in [6, 6.07) is 2.38. The normalized spacial score (nSPS) is 12.9. The highest BCUT2D eigenvalue weighted by Crippen LogP contribution is 2.33. The summed E-state index contributed by atoms with van der Waals surface area (Å²) in [6.45, 7) is 5.26. The first-order valence-corrected chi connectivity index (χ1v) is 7.58. The van der Waals surface area contributed by atoms with Crippen LogP contribution in [0.2, 0.25) is 0 Å². The van der Waals surface area contributed by atoms with Gasteiger partial charge in [-0.3, -0.25) is 4.68 Å². The van der Waals surface area contributed by atoms with Gasteiger partial charge in [-0.25, -0.2) is 0 Å².